The summed E-state index contributed by atoms with van der Waals surface area (Å²) in [5, 5.41) is 10.6. The summed E-state index contributed by atoms with van der Waals surface area (Å²) < 4.78 is 61.7. The fourth-order valence-electron chi connectivity index (χ4n) is 3.54. The number of halogens is 4. The number of nitrogens with two attached hydrogens (primary N) is 1. The van der Waals surface area contributed by atoms with Gasteiger partial charge < -0.3 is 15.6 Å². The van der Waals surface area contributed by atoms with Gasteiger partial charge in [-0.25, -0.2) is 14.4 Å². The van der Waals surface area contributed by atoms with Crippen molar-refractivity contribution in [3.63, 3.8) is 0 Å². The Kier molecular flexibility index (Phi) is 7.32. The number of rotatable bonds is 8. The zero-order valence-corrected chi connectivity index (χ0v) is 19.3. The maximum absolute atomic E-state index is 14.1. The Balaban J connectivity index is 1.63. The molecule has 0 radical (unpaired) electrons. The smallest absolute Gasteiger partial charge is 0.429 e. The van der Waals surface area contributed by atoms with Crippen molar-refractivity contribution in [1.82, 2.24) is 9.97 Å². The van der Waals surface area contributed by atoms with Crippen LogP contribution in [0.15, 0.2) is 72.4 Å². The maximum atomic E-state index is 14.1. The molecule has 2 atom stereocenters. The lowest BCUT2D eigenvalue weighted by atomic mass is 10.00. The van der Waals surface area contributed by atoms with Gasteiger partial charge in [-0.1, -0.05) is 36.4 Å². The van der Waals surface area contributed by atoms with Crippen molar-refractivity contribution in [1.29, 1.82) is 0 Å². The summed E-state index contributed by atoms with van der Waals surface area (Å²) in [4.78, 5) is 19.4. The number of carbonyl (C=O) groups is 1. The van der Waals surface area contributed by atoms with Crippen LogP contribution >= 0.6 is 11.3 Å². The molecule has 3 N–H and O–H groups in total. The van der Waals surface area contributed by atoms with Crippen LogP contribution < -0.4 is 10.5 Å². The van der Waals surface area contributed by atoms with Crippen LogP contribution in [0.4, 0.5) is 17.6 Å². The molecular weight excluding hydrogens is 498 g/mol. The number of carboxylic acid groups (broad SMARTS) is 1. The quantitative estimate of drug-likeness (QED) is 0.293. The highest BCUT2D eigenvalue weighted by atomic mass is 32.1. The Morgan fingerprint density at radius 3 is 2.47 bits per heavy atom. The summed E-state index contributed by atoms with van der Waals surface area (Å²) in [7, 11) is 0. The molecule has 0 aliphatic heterocycles. The molecule has 0 spiro atoms. The minimum absolute atomic E-state index is 0.0803. The molecule has 4 aromatic rings. The predicted octanol–water partition coefficient (Wildman–Crippen LogP) is 5.65. The molecule has 2 aromatic heterocycles. The SMILES string of the molecule is N[C@@H](Cc1ccc(-c2cc(OC(c3ccc(F)cc3-c3cccs3)C(F)(F)F)ncn2)cc1)C(=O)O. The molecule has 0 saturated carbocycles. The maximum Gasteiger partial charge on any atom is 0.429 e. The highest BCUT2D eigenvalue weighted by molar-refractivity contribution is 7.13. The number of nitrogens with zero attached hydrogens (tertiary/aromatic N) is 2. The van der Waals surface area contributed by atoms with E-state index in [1.807, 2.05) is 0 Å². The molecule has 36 heavy (non-hydrogen) atoms. The zero-order chi connectivity index (χ0) is 25.9. The van der Waals surface area contributed by atoms with Crippen molar-refractivity contribution in [2.24, 2.45) is 5.73 Å². The van der Waals surface area contributed by atoms with E-state index in [0.29, 0.717) is 21.7 Å². The van der Waals surface area contributed by atoms with Crippen LogP contribution in [0.3, 0.4) is 0 Å². The third-order valence-electron chi connectivity index (χ3n) is 5.28. The summed E-state index contributed by atoms with van der Waals surface area (Å²) in [6.45, 7) is 0. The van der Waals surface area contributed by atoms with E-state index < -0.39 is 30.1 Å². The molecule has 11 heteroatoms. The number of benzene rings is 2. The number of aliphatic carboxylic acids is 1. The Morgan fingerprint density at radius 1 is 1.08 bits per heavy atom. The molecule has 0 aliphatic carbocycles. The monoisotopic (exact) mass is 517 g/mol. The number of hydrogen-bond donors (Lipinski definition) is 2. The summed E-state index contributed by atoms with van der Waals surface area (Å²) in [5.41, 5.74) is 6.91. The Morgan fingerprint density at radius 2 is 1.83 bits per heavy atom. The topological polar surface area (TPSA) is 98.3 Å². The first-order valence-corrected chi connectivity index (χ1v) is 11.5. The summed E-state index contributed by atoms with van der Waals surface area (Å²) in [5.74, 6) is -2.11. The minimum atomic E-state index is -4.82. The van der Waals surface area contributed by atoms with E-state index in [1.54, 1.807) is 41.8 Å². The van der Waals surface area contributed by atoms with E-state index in [9.17, 15) is 22.4 Å². The Hall–Kier alpha value is -3.83. The van der Waals surface area contributed by atoms with Crippen LogP contribution in [0, 0.1) is 5.82 Å². The highest BCUT2D eigenvalue weighted by Crippen LogP contribution is 2.42. The van der Waals surface area contributed by atoms with Gasteiger partial charge in [0.1, 0.15) is 18.2 Å². The van der Waals surface area contributed by atoms with Crippen molar-refractivity contribution >= 4 is 17.3 Å². The molecule has 0 saturated heterocycles. The zero-order valence-electron chi connectivity index (χ0n) is 18.4. The molecule has 1 unspecified atom stereocenters. The van der Waals surface area contributed by atoms with Gasteiger partial charge in [0.05, 0.1) is 5.69 Å². The summed E-state index contributed by atoms with van der Waals surface area (Å²) in [6, 6.07) is 13.1. The molecule has 0 fully saturated rings. The minimum Gasteiger partial charge on any atom is -0.480 e. The second-order valence-corrected chi connectivity index (χ2v) is 8.78. The van der Waals surface area contributed by atoms with Gasteiger partial charge in [0, 0.05) is 27.6 Å². The number of thiophene rings is 1. The molecule has 2 heterocycles. The molecule has 2 aromatic carbocycles. The van der Waals surface area contributed by atoms with Gasteiger partial charge in [0.15, 0.2) is 0 Å². The van der Waals surface area contributed by atoms with Gasteiger partial charge >= 0.3 is 12.1 Å². The van der Waals surface area contributed by atoms with Gasteiger partial charge in [0.25, 0.3) is 0 Å². The van der Waals surface area contributed by atoms with Crippen LogP contribution in [-0.4, -0.2) is 33.3 Å². The third kappa shape index (κ3) is 5.86. The Bertz CT molecular complexity index is 1350. The molecule has 0 aliphatic rings. The van der Waals surface area contributed by atoms with Crippen molar-refractivity contribution in [3.05, 3.63) is 89.3 Å². The number of aromatic nitrogens is 2. The lowest BCUT2D eigenvalue weighted by Gasteiger charge is -2.23. The lowest BCUT2D eigenvalue weighted by Crippen LogP contribution is -2.32. The van der Waals surface area contributed by atoms with E-state index in [2.05, 4.69) is 9.97 Å². The molecular formula is C25H19F4N3O3S. The van der Waals surface area contributed by atoms with Gasteiger partial charge in [-0.05, 0) is 35.6 Å². The average Bonchev–Trinajstić information content (AvgIpc) is 3.38. The second kappa shape index (κ2) is 10.4. The fraction of sp³-hybridized carbons (Fsp3) is 0.160. The van der Waals surface area contributed by atoms with Crippen LogP contribution in [0.25, 0.3) is 21.7 Å². The van der Waals surface area contributed by atoms with Gasteiger partial charge in [-0.3, -0.25) is 4.79 Å². The largest absolute Gasteiger partial charge is 0.480 e. The highest BCUT2D eigenvalue weighted by Gasteiger charge is 2.44. The van der Waals surface area contributed by atoms with Gasteiger partial charge in [-0.2, -0.15) is 13.2 Å². The van der Waals surface area contributed by atoms with E-state index in [4.69, 9.17) is 15.6 Å². The molecule has 186 valence electrons. The average molecular weight is 518 g/mol. The standard InChI is InChI=1S/C25H19F4N3O3S/c26-16-7-8-17(18(11-16)21-2-1-9-36-21)23(25(27,28)29)35-22-12-20(31-13-32-22)15-5-3-14(4-6-15)10-19(30)24(33)34/h1-9,11-13,19,23H,10,30H2,(H,33,34)/t19-,23?/m0/s1. The van der Waals surface area contributed by atoms with Crippen LogP contribution in [0.5, 0.6) is 5.88 Å². The van der Waals surface area contributed by atoms with E-state index in [0.717, 1.165) is 24.5 Å². The second-order valence-electron chi connectivity index (χ2n) is 7.84. The van der Waals surface area contributed by atoms with Crippen LogP contribution in [-0.2, 0) is 11.2 Å². The van der Waals surface area contributed by atoms with E-state index >= 15 is 0 Å². The van der Waals surface area contributed by atoms with E-state index in [-0.39, 0.29) is 23.4 Å². The summed E-state index contributed by atoms with van der Waals surface area (Å²) >= 11 is 1.18. The van der Waals surface area contributed by atoms with Crippen molar-refractivity contribution < 1.29 is 32.2 Å². The van der Waals surface area contributed by atoms with E-state index in [1.165, 1.54) is 17.4 Å². The predicted molar refractivity (Wildman–Crippen MR) is 126 cm³/mol. The molecule has 4 rings (SSSR count). The normalized spacial score (nSPS) is 13.2. The van der Waals surface area contributed by atoms with Crippen LogP contribution in [0.1, 0.15) is 17.2 Å². The van der Waals surface area contributed by atoms with Crippen molar-refractivity contribution in [2.45, 2.75) is 24.7 Å². The van der Waals surface area contributed by atoms with Crippen LogP contribution in [0.2, 0.25) is 0 Å². The molecule has 0 bridgehead atoms. The first kappa shape index (κ1) is 25.3. The summed E-state index contributed by atoms with van der Waals surface area (Å²) in [6.07, 6.45) is -6.03. The fourth-order valence-corrected chi connectivity index (χ4v) is 4.31. The van der Waals surface area contributed by atoms with Gasteiger partial charge in [0.2, 0.25) is 12.0 Å². The number of hydrogen-bond acceptors (Lipinski definition) is 6. The number of alkyl halides is 3. The molecule has 0 amide bonds. The number of ether oxygens (including phenoxy) is 1. The lowest BCUT2D eigenvalue weighted by molar-refractivity contribution is -0.198. The van der Waals surface area contributed by atoms with Gasteiger partial charge in [-0.15, -0.1) is 11.3 Å². The first-order chi connectivity index (χ1) is 17.1. The first-order valence-electron chi connectivity index (χ1n) is 10.6. The number of carboxylic acids is 1. The van der Waals surface area contributed by atoms with Crippen molar-refractivity contribution in [3.8, 4) is 27.6 Å². The van der Waals surface area contributed by atoms with Crippen molar-refractivity contribution in [2.75, 3.05) is 0 Å². The third-order valence-corrected chi connectivity index (χ3v) is 6.19. The Labute approximate surface area is 207 Å². The molecule has 6 nitrogen and oxygen atoms in total.